The van der Waals surface area contributed by atoms with Gasteiger partial charge < -0.3 is 14.7 Å². The van der Waals surface area contributed by atoms with E-state index in [0.717, 1.165) is 5.75 Å². The number of rotatable bonds is 5. The topological polar surface area (TPSA) is 66.8 Å². The molecule has 0 fully saturated rings. The molecule has 6 heteroatoms. The first-order valence-electron chi connectivity index (χ1n) is 6.74. The molecule has 1 aliphatic rings. The minimum Gasteiger partial charge on any atom is -0.478 e. The molecule has 1 radical (unpaired) electrons. The summed E-state index contributed by atoms with van der Waals surface area (Å²) < 4.78 is 4.82. The second-order valence-corrected chi connectivity index (χ2v) is 6.25. The summed E-state index contributed by atoms with van der Waals surface area (Å²) in [6, 6.07) is 0. The van der Waals surface area contributed by atoms with Gasteiger partial charge in [0.05, 0.1) is 23.6 Å². The Morgan fingerprint density at radius 1 is 1.38 bits per heavy atom. The highest BCUT2D eigenvalue weighted by Crippen LogP contribution is 2.38. The maximum Gasteiger partial charge on any atom is 0.336 e. The van der Waals surface area contributed by atoms with Crippen molar-refractivity contribution in [2.45, 2.75) is 33.1 Å². The molecule has 0 aromatic heterocycles. The highest BCUT2D eigenvalue weighted by Gasteiger charge is 2.37. The van der Waals surface area contributed by atoms with Crippen molar-refractivity contribution < 1.29 is 19.4 Å². The van der Waals surface area contributed by atoms with E-state index in [9.17, 15) is 14.7 Å². The number of methoxy groups -OCH3 is 1. The number of carboxylic acid groups (broad SMARTS) is 1. The summed E-state index contributed by atoms with van der Waals surface area (Å²) in [5.41, 5.74) is 1.93. The SMILES string of the molecule is [CH2]C(SCC)N1C(C)=C(C(=O)O)C(C)C(C(=O)OC)=C1C. The number of hydrogen-bond donors (Lipinski definition) is 1. The van der Waals surface area contributed by atoms with Crippen LogP contribution in [0.4, 0.5) is 0 Å². The molecule has 2 atom stereocenters. The standard InChI is InChI=1S/C15H22NO4S/c1-7-21-11(5)16-9(3)12(14(17)18)8(2)13(10(16)4)15(19)20-6/h8,11H,5,7H2,1-4,6H3,(H,17,18). The van der Waals surface area contributed by atoms with Gasteiger partial charge in [-0.05, 0) is 26.5 Å². The van der Waals surface area contributed by atoms with Gasteiger partial charge in [-0.1, -0.05) is 13.8 Å². The van der Waals surface area contributed by atoms with Crippen molar-refractivity contribution >= 4 is 23.7 Å². The molecule has 1 rings (SSSR count). The fraction of sp³-hybridized carbons (Fsp3) is 0.533. The van der Waals surface area contributed by atoms with E-state index in [1.54, 1.807) is 32.5 Å². The van der Waals surface area contributed by atoms with Gasteiger partial charge in [-0.15, -0.1) is 11.8 Å². The molecule has 21 heavy (non-hydrogen) atoms. The molecule has 5 nitrogen and oxygen atoms in total. The molecule has 0 saturated heterocycles. The van der Waals surface area contributed by atoms with Gasteiger partial charge >= 0.3 is 11.9 Å². The van der Waals surface area contributed by atoms with Crippen molar-refractivity contribution in [2.75, 3.05) is 12.9 Å². The van der Waals surface area contributed by atoms with Crippen LogP contribution < -0.4 is 0 Å². The van der Waals surface area contributed by atoms with Crippen LogP contribution in [0.25, 0.3) is 0 Å². The molecule has 0 aromatic carbocycles. The number of allylic oxidation sites excluding steroid dienone is 2. The summed E-state index contributed by atoms with van der Waals surface area (Å²) >= 11 is 1.58. The van der Waals surface area contributed by atoms with Crippen molar-refractivity contribution in [3.63, 3.8) is 0 Å². The summed E-state index contributed by atoms with van der Waals surface area (Å²) in [5.74, 6) is -1.18. The lowest BCUT2D eigenvalue weighted by molar-refractivity contribution is -0.137. The van der Waals surface area contributed by atoms with Gasteiger partial charge in [0, 0.05) is 17.3 Å². The first-order chi connectivity index (χ1) is 9.77. The lowest BCUT2D eigenvalue weighted by Gasteiger charge is -2.39. The van der Waals surface area contributed by atoms with E-state index in [1.165, 1.54) is 7.11 Å². The Hall–Kier alpha value is -1.43. The predicted molar refractivity (Wildman–Crippen MR) is 83.3 cm³/mol. The van der Waals surface area contributed by atoms with E-state index >= 15 is 0 Å². The first kappa shape index (κ1) is 17.6. The molecule has 1 heterocycles. The molecular formula is C15H22NO4S. The van der Waals surface area contributed by atoms with E-state index in [1.807, 2.05) is 11.8 Å². The molecule has 1 N–H and O–H groups in total. The number of carboxylic acids is 1. The van der Waals surface area contributed by atoms with Gasteiger partial charge in [0.25, 0.3) is 0 Å². The van der Waals surface area contributed by atoms with E-state index in [4.69, 9.17) is 4.74 Å². The average molecular weight is 312 g/mol. The summed E-state index contributed by atoms with van der Waals surface area (Å²) in [7, 11) is 1.30. The van der Waals surface area contributed by atoms with Crippen LogP contribution >= 0.6 is 11.8 Å². The molecule has 0 saturated carbocycles. The van der Waals surface area contributed by atoms with Gasteiger partial charge in [0.2, 0.25) is 0 Å². The highest BCUT2D eigenvalue weighted by atomic mass is 32.2. The zero-order valence-corrected chi connectivity index (χ0v) is 13.9. The van der Waals surface area contributed by atoms with Crippen LogP contribution in [0.15, 0.2) is 22.5 Å². The maximum absolute atomic E-state index is 12.0. The Kier molecular flexibility index (Phi) is 5.89. The van der Waals surface area contributed by atoms with Gasteiger partial charge in [-0.3, -0.25) is 0 Å². The monoisotopic (exact) mass is 312 g/mol. The summed E-state index contributed by atoms with van der Waals surface area (Å²) in [6.07, 6.45) is 0. The molecule has 1 aliphatic heterocycles. The zero-order valence-electron chi connectivity index (χ0n) is 13.1. The molecule has 2 unspecified atom stereocenters. The number of esters is 1. The number of carbonyl (C=O) groups is 2. The van der Waals surface area contributed by atoms with E-state index in [2.05, 4.69) is 6.92 Å². The quantitative estimate of drug-likeness (QED) is 0.787. The molecule has 0 bridgehead atoms. The second-order valence-electron chi connectivity index (χ2n) is 4.80. The van der Waals surface area contributed by atoms with Crippen LogP contribution in [0, 0.1) is 12.8 Å². The van der Waals surface area contributed by atoms with E-state index in [0.29, 0.717) is 17.0 Å². The molecule has 0 amide bonds. The summed E-state index contributed by atoms with van der Waals surface area (Å²) in [5, 5.41) is 9.28. The predicted octanol–water partition coefficient (Wildman–Crippen LogP) is 2.66. The van der Waals surface area contributed by atoms with Crippen molar-refractivity contribution in [3.8, 4) is 0 Å². The van der Waals surface area contributed by atoms with Crippen LogP contribution in [-0.2, 0) is 14.3 Å². The fourth-order valence-electron chi connectivity index (χ4n) is 2.76. The third-order valence-electron chi connectivity index (χ3n) is 3.65. The Balaban J connectivity index is 3.45. The Morgan fingerprint density at radius 3 is 2.33 bits per heavy atom. The lowest BCUT2D eigenvalue weighted by Crippen LogP contribution is -2.38. The normalized spacial score (nSPS) is 20.7. The van der Waals surface area contributed by atoms with Gasteiger partial charge in [-0.2, -0.15) is 0 Å². The lowest BCUT2D eigenvalue weighted by atomic mass is 9.86. The van der Waals surface area contributed by atoms with Crippen molar-refractivity contribution in [1.82, 2.24) is 4.90 Å². The molecule has 117 valence electrons. The number of thioether (sulfide) groups is 1. The van der Waals surface area contributed by atoms with Crippen molar-refractivity contribution in [2.24, 2.45) is 5.92 Å². The number of ether oxygens (including phenoxy) is 1. The summed E-state index contributed by atoms with van der Waals surface area (Å²) in [4.78, 5) is 25.4. The number of carbonyl (C=O) groups excluding carboxylic acids is 1. The van der Waals surface area contributed by atoms with Crippen molar-refractivity contribution in [1.29, 1.82) is 0 Å². The van der Waals surface area contributed by atoms with E-state index in [-0.39, 0.29) is 10.9 Å². The van der Waals surface area contributed by atoms with Crippen molar-refractivity contribution in [3.05, 3.63) is 29.5 Å². The number of aliphatic carboxylic acids is 1. The smallest absolute Gasteiger partial charge is 0.336 e. The van der Waals surface area contributed by atoms with Gasteiger partial charge in [0.1, 0.15) is 0 Å². The fourth-order valence-corrected chi connectivity index (χ4v) is 3.61. The largest absolute Gasteiger partial charge is 0.478 e. The van der Waals surface area contributed by atoms with Gasteiger partial charge in [0.15, 0.2) is 0 Å². The van der Waals surface area contributed by atoms with Crippen LogP contribution in [0.5, 0.6) is 0 Å². The molecule has 0 spiro atoms. The number of hydrogen-bond acceptors (Lipinski definition) is 5. The molecular weight excluding hydrogens is 290 g/mol. The Bertz CT molecular complexity index is 510. The van der Waals surface area contributed by atoms with E-state index < -0.39 is 17.9 Å². The third-order valence-corrected chi connectivity index (χ3v) is 4.58. The van der Waals surface area contributed by atoms with Gasteiger partial charge in [-0.25, -0.2) is 9.59 Å². The summed E-state index contributed by atoms with van der Waals surface area (Å²) in [6.45, 7) is 11.3. The van der Waals surface area contributed by atoms with Crippen LogP contribution in [0.2, 0.25) is 0 Å². The number of nitrogens with zero attached hydrogens (tertiary/aromatic N) is 1. The molecule has 0 aromatic rings. The zero-order chi connectivity index (χ0) is 16.3. The highest BCUT2D eigenvalue weighted by molar-refractivity contribution is 7.99. The average Bonchev–Trinajstić information content (AvgIpc) is 2.37. The third kappa shape index (κ3) is 3.26. The molecule has 0 aliphatic carbocycles. The maximum atomic E-state index is 12.0. The Labute approximate surface area is 130 Å². The minimum absolute atomic E-state index is 0.198. The second kappa shape index (κ2) is 7.02. The van der Waals surface area contributed by atoms with Crippen LogP contribution in [0.1, 0.15) is 27.7 Å². The Morgan fingerprint density at radius 2 is 1.90 bits per heavy atom. The van der Waals surface area contributed by atoms with Crippen LogP contribution in [-0.4, -0.2) is 40.2 Å². The van der Waals surface area contributed by atoms with Crippen LogP contribution in [0.3, 0.4) is 0 Å². The first-order valence-corrected chi connectivity index (χ1v) is 7.79. The minimum atomic E-state index is -1.02.